The van der Waals surface area contributed by atoms with Gasteiger partial charge in [0.15, 0.2) is 0 Å². The minimum atomic E-state index is -0.110. The SMILES string of the molecule is Brc1ccccn1.[O]Cc1ccccc1. The van der Waals surface area contributed by atoms with Crippen molar-refractivity contribution in [2.24, 2.45) is 0 Å². The summed E-state index contributed by atoms with van der Waals surface area (Å²) in [6.07, 6.45) is 1.74. The fraction of sp³-hybridized carbons (Fsp3) is 0.0833. The summed E-state index contributed by atoms with van der Waals surface area (Å²) in [6, 6.07) is 15.0. The van der Waals surface area contributed by atoms with E-state index in [1.54, 1.807) is 6.20 Å². The first-order valence-corrected chi connectivity index (χ1v) is 5.31. The summed E-state index contributed by atoms with van der Waals surface area (Å²) < 4.78 is 0.884. The molecule has 0 aliphatic rings. The van der Waals surface area contributed by atoms with Gasteiger partial charge in [0.2, 0.25) is 0 Å². The third-order valence-electron chi connectivity index (χ3n) is 1.64. The summed E-state index contributed by atoms with van der Waals surface area (Å²) >= 11 is 3.20. The largest absolute Gasteiger partial charge is 0.249 e. The smallest absolute Gasteiger partial charge is 0.107 e. The summed E-state index contributed by atoms with van der Waals surface area (Å²) in [5, 5.41) is 10.1. The minimum absolute atomic E-state index is 0.110. The minimum Gasteiger partial charge on any atom is -0.249 e. The molecule has 0 N–H and O–H groups in total. The third-order valence-corrected chi connectivity index (χ3v) is 2.11. The van der Waals surface area contributed by atoms with Gasteiger partial charge in [0.05, 0.1) is 0 Å². The van der Waals surface area contributed by atoms with Crippen LogP contribution in [0.25, 0.3) is 0 Å². The lowest BCUT2D eigenvalue weighted by molar-refractivity contribution is 0.177. The van der Waals surface area contributed by atoms with Crippen molar-refractivity contribution in [2.75, 3.05) is 0 Å². The topological polar surface area (TPSA) is 32.8 Å². The zero-order valence-corrected chi connectivity index (χ0v) is 9.72. The number of aromatic nitrogens is 1. The van der Waals surface area contributed by atoms with E-state index in [4.69, 9.17) is 0 Å². The molecule has 0 aliphatic heterocycles. The van der Waals surface area contributed by atoms with Crippen LogP contribution in [0.1, 0.15) is 5.56 Å². The molecule has 2 nitrogen and oxygen atoms in total. The Hall–Kier alpha value is -1.19. The lowest BCUT2D eigenvalue weighted by Crippen LogP contribution is -1.75. The Morgan fingerprint density at radius 2 is 1.67 bits per heavy atom. The van der Waals surface area contributed by atoms with Gasteiger partial charge in [0, 0.05) is 6.20 Å². The molecule has 0 unspecified atom stereocenters. The summed E-state index contributed by atoms with van der Waals surface area (Å²) in [6.45, 7) is -0.110. The van der Waals surface area contributed by atoms with Crippen molar-refractivity contribution in [1.29, 1.82) is 0 Å². The van der Waals surface area contributed by atoms with Crippen molar-refractivity contribution in [3.8, 4) is 0 Å². The highest BCUT2D eigenvalue weighted by Crippen LogP contribution is 2.00. The first-order chi connectivity index (χ1) is 7.33. The van der Waals surface area contributed by atoms with Gasteiger partial charge in [-0.1, -0.05) is 36.4 Å². The molecule has 0 amide bonds. The molecule has 2 aromatic rings. The fourth-order valence-corrected chi connectivity index (χ4v) is 1.19. The van der Waals surface area contributed by atoms with Crippen molar-refractivity contribution < 1.29 is 5.11 Å². The van der Waals surface area contributed by atoms with Crippen LogP contribution in [0.3, 0.4) is 0 Å². The van der Waals surface area contributed by atoms with E-state index in [1.165, 1.54) is 0 Å². The Kier molecular flexibility index (Phi) is 5.66. The van der Waals surface area contributed by atoms with Gasteiger partial charge in [-0.05, 0) is 33.6 Å². The molecular weight excluding hydrogens is 254 g/mol. The predicted molar refractivity (Wildman–Crippen MR) is 62.8 cm³/mol. The van der Waals surface area contributed by atoms with Gasteiger partial charge >= 0.3 is 0 Å². The fourth-order valence-electron chi connectivity index (χ4n) is 0.916. The first kappa shape index (κ1) is 11.9. The van der Waals surface area contributed by atoms with Crippen LogP contribution in [-0.4, -0.2) is 4.98 Å². The first-order valence-electron chi connectivity index (χ1n) is 4.51. The molecule has 77 valence electrons. The van der Waals surface area contributed by atoms with E-state index >= 15 is 0 Å². The van der Waals surface area contributed by atoms with E-state index in [9.17, 15) is 5.11 Å². The lowest BCUT2D eigenvalue weighted by Gasteiger charge is -1.87. The van der Waals surface area contributed by atoms with Crippen LogP contribution in [0.5, 0.6) is 0 Å². The van der Waals surface area contributed by atoms with Crippen LogP contribution in [0.2, 0.25) is 0 Å². The van der Waals surface area contributed by atoms with Crippen molar-refractivity contribution in [1.82, 2.24) is 4.98 Å². The van der Waals surface area contributed by atoms with Gasteiger partial charge in [-0.25, -0.2) is 10.1 Å². The quantitative estimate of drug-likeness (QED) is 0.727. The summed E-state index contributed by atoms with van der Waals surface area (Å²) in [5.74, 6) is 0. The van der Waals surface area contributed by atoms with Crippen molar-refractivity contribution in [3.63, 3.8) is 0 Å². The summed E-state index contributed by atoms with van der Waals surface area (Å²) in [5.41, 5.74) is 0.854. The molecule has 2 rings (SSSR count). The number of hydrogen-bond donors (Lipinski definition) is 0. The zero-order valence-electron chi connectivity index (χ0n) is 8.14. The monoisotopic (exact) mass is 264 g/mol. The predicted octanol–water partition coefficient (Wildman–Crippen LogP) is 3.46. The van der Waals surface area contributed by atoms with Gasteiger partial charge in [-0.3, -0.25) is 0 Å². The van der Waals surface area contributed by atoms with Crippen molar-refractivity contribution >= 4 is 15.9 Å². The van der Waals surface area contributed by atoms with Crippen LogP contribution < -0.4 is 0 Å². The number of halogens is 1. The molecule has 3 heteroatoms. The number of pyridine rings is 1. The summed E-state index contributed by atoms with van der Waals surface area (Å²) in [7, 11) is 0. The molecule has 0 aliphatic carbocycles. The molecule has 0 bridgehead atoms. The molecule has 0 saturated carbocycles. The molecule has 15 heavy (non-hydrogen) atoms. The van der Waals surface area contributed by atoms with Gasteiger partial charge in [0.25, 0.3) is 0 Å². The van der Waals surface area contributed by atoms with Crippen LogP contribution in [-0.2, 0) is 11.7 Å². The van der Waals surface area contributed by atoms with Crippen LogP contribution >= 0.6 is 15.9 Å². The molecule has 1 aromatic heterocycles. The molecule has 0 saturated heterocycles. The maximum Gasteiger partial charge on any atom is 0.107 e. The number of nitrogens with zero attached hydrogens (tertiary/aromatic N) is 1. The molecule has 1 heterocycles. The highest BCUT2D eigenvalue weighted by Gasteiger charge is 1.82. The van der Waals surface area contributed by atoms with Crippen molar-refractivity contribution in [3.05, 3.63) is 64.9 Å². The summed E-state index contributed by atoms with van der Waals surface area (Å²) in [4.78, 5) is 3.90. The highest BCUT2D eigenvalue weighted by atomic mass is 79.9. The van der Waals surface area contributed by atoms with Gasteiger partial charge < -0.3 is 0 Å². The molecule has 0 spiro atoms. The van der Waals surface area contributed by atoms with E-state index in [-0.39, 0.29) is 6.61 Å². The van der Waals surface area contributed by atoms with Gasteiger partial charge in [-0.15, -0.1) is 0 Å². The van der Waals surface area contributed by atoms with E-state index in [0.717, 1.165) is 10.2 Å². The van der Waals surface area contributed by atoms with E-state index in [0.29, 0.717) is 0 Å². The lowest BCUT2D eigenvalue weighted by atomic mass is 10.2. The zero-order chi connectivity index (χ0) is 10.9. The Balaban J connectivity index is 0.000000151. The van der Waals surface area contributed by atoms with E-state index < -0.39 is 0 Å². The van der Waals surface area contributed by atoms with Crippen molar-refractivity contribution in [2.45, 2.75) is 6.61 Å². The average Bonchev–Trinajstić information content (AvgIpc) is 2.32. The molecular formula is C12H11BrNO. The number of rotatable bonds is 1. The standard InChI is InChI=1S/C7H7O.C5H4BrN/c8-6-7-4-2-1-3-5-7;6-5-3-1-2-4-7-5/h1-5H,6H2;1-4H. The maximum absolute atomic E-state index is 10.1. The molecule has 1 radical (unpaired) electrons. The molecule has 1 aromatic carbocycles. The average molecular weight is 265 g/mol. The van der Waals surface area contributed by atoms with Crippen LogP contribution in [0, 0.1) is 0 Å². The number of hydrogen-bond acceptors (Lipinski definition) is 1. The van der Waals surface area contributed by atoms with Crippen LogP contribution in [0.4, 0.5) is 0 Å². The Labute approximate surface area is 97.7 Å². The second-order valence-electron chi connectivity index (χ2n) is 2.78. The Morgan fingerprint density at radius 1 is 1.00 bits per heavy atom. The normalized spacial score (nSPS) is 8.93. The van der Waals surface area contributed by atoms with Gasteiger partial charge in [-0.2, -0.15) is 0 Å². The van der Waals surface area contributed by atoms with E-state index in [1.807, 2.05) is 48.5 Å². The molecule has 0 fully saturated rings. The Bertz CT molecular complexity index is 364. The van der Waals surface area contributed by atoms with E-state index in [2.05, 4.69) is 20.9 Å². The maximum atomic E-state index is 10.1. The highest BCUT2D eigenvalue weighted by molar-refractivity contribution is 9.10. The Morgan fingerprint density at radius 3 is 2.00 bits per heavy atom. The second kappa shape index (κ2) is 7.15. The van der Waals surface area contributed by atoms with Crippen LogP contribution in [0.15, 0.2) is 59.3 Å². The second-order valence-corrected chi connectivity index (χ2v) is 3.59. The number of benzene rings is 1. The van der Waals surface area contributed by atoms with Gasteiger partial charge in [0.1, 0.15) is 11.2 Å². The third kappa shape index (κ3) is 5.30. The molecule has 0 atom stereocenters.